The van der Waals surface area contributed by atoms with Crippen molar-refractivity contribution < 1.29 is 4.79 Å². The van der Waals surface area contributed by atoms with E-state index in [-0.39, 0.29) is 0 Å². The summed E-state index contributed by atoms with van der Waals surface area (Å²) >= 11 is 1.75. The van der Waals surface area contributed by atoms with Gasteiger partial charge in [0, 0.05) is 24.4 Å². The van der Waals surface area contributed by atoms with Crippen LogP contribution in [0.25, 0.3) is 0 Å². The van der Waals surface area contributed by atoms with Crippen LogP contribution in [0.1, 0.15) is 56.7 Å². The molecule has 1 aliphatic rings. The van der Waals surface area contributed by atoms with E-state index < -0.39 is 0 Å². The smallest absolute Gasteiger partial charge is 0.131 e. The van der Waals surface area contributed by atoms with Crippen molar-refractivity contribution >= 4 is 17.1 Å². The zero-order valence-electron chi connectivity index (χ0n) is 12.0. The molecule has 106 valence electrons. The lowest BCUT2D eigenvalue weighted by Gasteiger charge is -2.28. The van der Waals surface area contributed by atoms with Gasteiger partial charge >= 0.3 is 0 Å². The molecule has 0 amide bonds. The highest BCUT2D eigenvalue weighted by Crippen LogP contribution is 2.22. The minimum absolute atomic E-state index is 0.310. The molecule has 2 heterocycles. The lowest BCUT2D eigenvalue weighted by atomic mass is 10.0. The fourth-order valence-corrected chi connectivity index (χ4v) is 3.54. The molecule has 19 heavy (non-hydrogen) atoms. The zero-order valence-corrected chi connectivity index (χ0v) is 12.8. The van der Waals surface area contributed by atoms with E-state index in [1.165, 1.54) is 30.0 Å². The highest BCUT2D eigenvalue weighted by Gasteiger charge is 2.22. The average Bonchev–Trinajstić information content (AvgIpc) is 2.72. The van der Waals surface area contributed by atoms with Crippen LogP contribution in [0.2, 0.25) is 0 Å². The van der Waals surface area contributed by atoms with Crippen LogP contribution in [0, 0.1) is 0 Å². The predicted octanol–water partition coefficient (Wildman–Crippen LogP) is 3.43. The van der Waals surface area contributed by atoms with Gasteiger partial charge in [-0.25, -0.2) is 4.98 Å². The minimum Gasteiger partial charge on any atom is -0.300 e. The number of carbonyl (C=O) groups excluding carboxylic acids is 1. The number of likely N-dealkylation sites (tertiary alicyclic amines) is 1. The van der Waals surface area contributed by atoms with Crippen LogP contribution in [0.5, 0.6) is 0 Å². The summed E-state index contributed by atoms with van der Waals surface area (Å²) < 4.78 is 0. The van der Waals surface area contributed by atoms with Gasteiger partial charge < -0.3 is 0 Å². The second-order valence-electron chi connectivity index (χ2n) is 5.47. The Bertz CT molecular complexity index is 416. The summed E-state index contributed by atoms with van der Waals surface area (Å²) in [7, 11) is 0. The summed E-state index contributed by atoms with van der Waals surface area (Å²) in [6.07, 6.45) is 6.67. The number of nitrogens with zero attached hydrogens (tertiary/aromatic N) is 2. The number of hydrogen-bond donors (Lipinski definition) is 0. The largest absolute Gasteiger partial charge is 0.300 e. The maximum absolute atomic E-state index is 11.4. The van der Waals surface area contributed by atoms with Crippen LogP contribution in [0.3, 0.4) is 0 Å². The Hall–Kier alpha value is -0.740. The Balaban J connectivity index is 2.02. The van der Waals surface area contributed by atoms with Crippen molar-refractivity contribution in [3.8, 4) is 0 Å². The standard InChI is InChI=1S/C15H24N2OS/c1-3-15-16-13(11-19-15)10-17-8-6-4-5-7-14(17)9-12(2)18/h11,14H,3-10H2,1-2H3. The number of carbonyl (C=O) groups is 1. The van der Waals surface area contributed by atoms with Crippen molar-refractivity contribution in [1.82, 2.24) is 9.88 Å². The number of ketones is 1. The Morgan fingerprint density at radius 1 is 1.47 bits per heavy atom. The van der Waals surface area contributed by atoms with Gasteiger partial charge in [0.25, 0.3) is 0 Å². The molecule has 1 atom stereocenters. The summed E-state index contributed by atoms with van der Waals surface area (Å²) in [5.41, 5.74) is 1.18. The highest BCUT2D eigenvalue weighted by molar-refractivity contribution is 7.09. The number of thiazole rings is 1. The van der Waals surface area contributed by atoms with E-state index in [0.717, 1.165) is 25.9 Å². The molecule has 1 aromatic heterocycles. The molecule has 1 fully saturated rings. The first kappa shape index (κ1) is 14.7. The van der Waals surface area contributed by atoms with Crippen molar-refractivity contribution in [1.29, 1.82) is 0 Å². The van der Waals surface area contributed by atoms with E-state index in [1.807, 2.05) is 0 Å². The first-order chi connectivity index (χ1) is 9.19. The number of aromatic nitrogens is 1. The van der Waals surface area contributed by atoms with Gasteiger partial charge in [0.05, 0.1) is 10.7 Å². The molecule has 0 radical (unpaired) electrons. The van der Waals surface area contributed by atoms with Crippen LogP contribution >= 0.6 is 11.3 Å². The van der Waals surface area contributed by atoms with Gasteiger partial charge in [-0.2, -0.15) is 0 Å². The lowest BCUT2D eigenvalue weighted by Crippen LogP contribution is -2.35. The van der Waals surface area contributed by atoms with Crippen molar-refractivity contribution in [3.63, 3.8) is 0 Å². The first-order valence-corrected chi connectivity index (χ1v) is 8.23. The molecule has 1 aromatic rings. The maximum Gasteiger partial charge on any atom is 0.131 e. The van der Waals surface area contributed by atoms with Crippen LogP contribution in [-0.2, 0) is 17.8 Å². The summed E-state index contributed by atoms with van der Waals surface area (Å²) in [4.78, 5) is 18.6. The quantitative estimate of drug-likeness (QED) is 0.828. The fraction of sp³-hybridized carbons (Fsp3) is 0.733. The molecule has 4 heteroatoms. The molecule has 0 aromatic carbocycles. The number of aryl methyl sites for hydroxylation is 1. The van der Waals surface area contributed by atoms with E-state index in [1.54, 1.807) is 18.3 Å². The molecule has 0 saturated carbocycles. The molecule has 1 unspecified atom stereocenters. The normalized spacial score (nSPS) is 21.3. The van der Waals surface area contributed by atoms with E-state index in [0.29, 0.717) is 18.2 Å². The SMILES string of the molecule is CCc1nc(CN2CCCCCC2CC(C)=O)cs1. The van der Waals surface area contributed by atoms with Crippen LogP contribution in [0.4, 0.5) is 0 Å². The Morgan fingerprint density at radius 3 is 3.00 bits per heavy atom. The first-order valence-electron chi connectivity index (χ1n) is 7.35. The molecular weight excluding hydrogens is 256 g/mol. The number of hydrogen-bond acceptors (Lipinski definition) is 4. The summed E-state index contributed by atoms with van der Waals surface area (Å²) in [6.45, 7) is 5.87. The van der Waals surface area contributed by atoms with Crippen LogP contribution in [-0.4, -0.2) is 28.3 Å². The predicted molar refractivity (Wildman–Crippen MR) is 79.5 cm³/mol. The second kappa shape index (κ2) is 7.15. The third kappa shape index (κ3) is 4.39. The minimum atomic E-state index is 0.310. The Kier molecular flexibility index (Phi) is 5.52. The van der Waals surface area contributed by atoms with Crippen LogP contribution < -0.4 is 0 Å². The van der Waals surface area contributed by atoms with E-state index in [4.69, 9.17) is 0 Å². The number of rotatable bonds is 5. The van der Waals surface area contributed by atoms with Gasteiger partial charge in [0.15, 0.2) is 0 Å². The topological polar surface area (TPSA) is 33.2 Å². The number of Topliss-reactive ketones (excluding diaryl/α,β-unsaturated/α-hetero) is 1. The third-order valence-corrected chi connectivity index (χ3v) is 4.83. The summed E-state index contributed by atoms with van der Waals surface area (Å²) in [5.74, 6) is 0.310. The average molecular weight is 280 g/mol. The van der Waals surface area contributed by atoms with Crippen molar-refractivity contribution in [2.75, 3.05) is 6.54 Å². The van der Waals surface area contributed by atoms with Gasteiger partial charge in [0.2, 0.25) is 0 Å². The van der Waals surface area contributed by atoms with Crippen molar-refractivity contribution in [2.24, 2.45) is 0 Å². The van der Waals surface area contributed by atoms with Gasteiger partial charge in [-0.3, -0.25) is 9.69 Å². The molecule has 0 N–H and O–H groups in total. The van der Waals surface area contributed by atoms with E-state index >= 15 is 0 Å². The summed E-state index contributed by atoms with van der Waals surface area (Å²) in [5, 5.41) is 3.39. The Morgan fingerprint density at radius 2 is 2.32 bits per heavy atom. The van der Waals surface area contributed by atoms with Crippen molar-refractivity contribution in [3.05, 3.63) is 16.1 Å². The molecule has 3 nitrogen and oxygen atoms in total. The lowest BCUT2D eigenvalue weighted by molar-refractivity contribution is -0.118. The molecule has 0 aliphatic carbocycles. The van der Waals surface area contributed by atoms with Gasteiger partial charge in [0.1, 0.15) is 5.78 Å². The van der Waals surface area contributed by atoms with Crippen molar-refractivity contribution in [2.45, 2.75) is 65.0 Å². The molecule has 1 aliphatic heterocycles. The van der Waals surface area contributed by atoms with Gasteiger partial charge in [-0.1, -0.05) is 19.8 Å². The highest BCUT2D eigenvalue weighted by atomic mass is 32.1. The Labute approximate surface area is 120 Å². The van der Waals surface area contributed by atoms with Gasteiger partial charge in [-0.05, 0) is 32.7 Å². The zero-order chi connectivity index (χ0) is 13.7. The third-order valence-electron chi connectivity index (χ3n) is 3.79. The summed E-state index contributed by atoms with van der Waals surface area (Å²) in [6, 6.07) is 0.423. The van der Waals surface area contributed by atoms with E-state index in [2.05, 4.69) is 22.2 Å². The van der Waals surface area contributed by atoms with Gasteiger partial charge in [-0.15, -0.1) is 11.3 Å². The molecule has 0 bridgehead atoms. The monoisotopic (exact) mass is 280 g/mol. The molecule has 2 rings (SSSR count). The molecule has 1 saturated heterocycles. The molecule has 0 spiro atoms. The maximum atomic E-state index is 11.4. The van der Waals surface area contributed by atoms with E-state index in [9.17, 15) is 4.79 Å². The second-order valence-corrected chi connectivity index (χ2v) is 6.41. The van der Waals surface area contributed by atoms with Crippen LogP contribution in [0.15, 0.2) is 5.38 Å². The molecular formula is C15H24N2OS. The fourth-order valence-electron chi connectivity index (χ4n) is 2.80.